The summed E-state index contributed by atoms with van der Waals surface area (Å²) in [7, 11) is 1.39. The number of aromatic hydroxyl groups is 1. The number of hydrogen-bond donors (Lipinski definition) is 4. The van der Waals surface area contributed by atoms with Crippen molar-refractivity contribution in [3.8, 4) is 23.6 Å². The third-order valence-electron chi connectivity index (χ3n) is 17.9. The SMILES string of the molecule is C=CC(=O)N1CCN(c2nc(O[C@H](C)CN3CCC(OCCOCCOCCOCCNC(=O)c4ccc(NC(=O)[C@@H]5N[C@@H](CC(C)(C)C)[C@](C#N)(c6ccc(Cl)cc6F)[C@H]5c5cccc(Cl)c5F)c(OC)c4)CC3)nc3c2CCN(c2cc(O)cc4ccccc24)C3)CC1. The van der Waals surface area contributed by atoms with Gasteiger partial charge in [-0.05, 0) is 97.5 Å². The molecule has 5 aromatic carbocycles. The number of piperazine rings is 1. The second-order valence-corrected chi connectivity index (χ2v) is 26.5. The highest BCUT2D eigenvalue weighted by molar-refractivity contribution is 6.31. The van der Waals surface area contributed by atoms with Gasteiger partial charge < -0.3 is 64.2 Å². The number of hydrogen-bond acceptors (Lipinski definition) is 17. The Morgan fingerprint density at radius 2 is 1.60 bits per heavy atom. The Morgan fingerprint density at radius 1 is 0.874 bits per heavy atom. The molecule has 0 bridgehead atoms. The van der Waals surface area contributed by atoms with E-state index in [1.54, 1.807) is 6.07 Å². The number of phenolic OH excluding ortho intramolecular Hbond substituents is 1. The number of piperidine rings is 1. The summed E-state index contributed by atoms with van der Waals surface area (Å²) in [5, 5.41) is 32.8. The number of phenols is 1. The quantitative estimate of drug-likeness (QED) is 0.0278. The maximum absolute atomic E-state index is 16.2. The molecular formula is C71H84Cl2F2N10O10. The Bertz CT molecular complexity index is 3750. The van der Waals surface area contributed by atoms with Crippen LogP contribution in [0.15, 0.2) is 104 Å². The minimum Gasteiger partial charge on any atom is -0.508 e. The van der Waals surface area contributed by atoms with Crippen molar-refractivity contribution in [3.05, 3.63) is 153 Å². The summed E-state index contributed by atoms with van der Waals surface area (Å²) in [5.74, 6) is -2.83. The van der Waals surface area contributed by atoms with Gasteiger partial charge in [0.25, 0.3) is 5.91 Å². The smallest absolute Gasteiger partial charge is 0.318 e. The molecule has 0 aliphatic carbocycles. The van der Waals surface area contributed by atoms with Crippen LogP contribution in [0.25, 0.3) is 10.8 Å². The van der Waals surface area contributed by atoms with Crippen LogP contribution in [0.4, 0.5) is 26.0 Å². The van der Waals surface area contributed by atoms with Gasteiger partial charge in [-0.15, -0.1) is 0 Å². The Kier molecular flexibility index (Phi) is 23.5. The normalized spacial score (nSPS) is 19.7. The molecule has 4 aliphatic rings. The molecule has 0 radical (unpaired) electrons. The van der Waals surface area contributed by atoms with Crippen LogP contribution >= 0.6 is 23.2 Å². The van der Waals surface area contributed by atoms with Gasteiger partial charge in [0.05, 0.1) is 94.5 Å². The largest absolute Gasteiger partial charge is 0.508 e. The molecule has 1 aromatic heterocycles. The van der Waals surface area contributed by atoms with E-state index in [0.29, 0.717) is 97.8 Å². The first-order chi connectivity index (χ1) is 45.8. The molecule has 95 heavy (non-hydrogen) atoms. The van der Waals surface area contributed by atoms with Crippen LogP contribution in [0.1, 0.15) is 85.6 Å². The zero-order valence-electron chi connectivity index (χ0n) is 54.4. The molecule has 24 heteroatoms. The zero-order chi connectivity index (χ0) is 67.4. The van der Waals surface area contributed by atoms with Gasteiger partial charge in [0, 0.05) is 110 Å². The van der Waals surface area contributed by atoms with Gasteiger partial charge in [-0.25, -0.2) is 8.78 Å². The average Bonchev–Trinajstić information content (AvgIpc) is 1.59. The average molecular weight is 1350 g/mol. The molecule has 3 amide bonds. The van der Waals surface area contributed by atoms with Gasteiger partial charge in [-0.1, -0.05) is 93.0 Å². The lowest BCUT2D eigenvalue weighted by Gasteiger charge is -2.38. The van der Waals surface area contributed by atoms with E-state index in [-0.39, 0.29) is 75.2 Å². The summed E-state index contributed by atoms with van der Waals surface area (Å²) in [6.45, 7) is 20.3. The van der Waals surface area contributed by atoms with Crippen molar-refractivity contribution in [2.75, 3.05) is 127 Å². The number of nitrogens with one attached hydrogen (secondary N) is 3. The van der Waals surface area contributed by atoms with E-state index < -0.39 is 52.3 Å². The third-order valence-corrected chi connectivity index (χ3v) is 18.4. The fourth-order valence-electron chi connectivity index (χ4n) is 13.4. The van der Waals surface area contributed by atoms with Crippen molar-refractivity contribution in [2.45, 2.75) is 95.5 Å². The molecule has 4 N–H and O–H groups in total. The lowest BCUT2D eigenvalue weighted by molar-refractivity contribution is -0.126. The summed E-state index contributed by atoms with van der Waals surface area (Å²) < 4.78 is 67.9. The van der Waals surface area contributed by atoms with Crippen LogP contribution in [0.5, 0.6) is 17.5 Å². The van der Waals surface area contributed by atoms with Crippen LogP contribution < -0.4 is 35.2 Å². The highest BCUT2D eigenvalue weighted by Gasteiger charge is 2.61. The van der Waals surface area contributed by atoms with E-state index in [1.165, 1.54) is 61.7 Å². The van der Waals surface area contributed by atoms with E-state index in [0.717, 1.165) is 72.1 Å². The molecule has 10 rings (SSSR count). The van der Waals surface area contributed by atoms with E-state index in [1.807, 2.05) is 56.9 Å². The number of likely N-dealkylation sites (tertiary alicyclic amines) is 1. The molecule has 0 spiro atoms. The second kappa shape index (κ2) is 31.9. The summed E-state index contributed by atoms with van der Waals surface area (Å²) in [5.41, 5.74) is 1.01. The minimum absolute atomic E-state index is 0.0459. The number of benzene rings is 5. The number of carbonyl (C=O) groups is 3. The van der Waals surface area contributed by atoms with Crippen molar-refractivity contribution in [3.63, 3.8) is 0 Å². The molecule has 5 heterocycles. The van der Waals surface area contributed by atoms with Crippen LogP contribution in [0.3, 0.4) is 0 Å². The Balaban J connectivity index is 0.618. The number of methoxy groups -OCH3 is 1. The van der Waals surface area contributed by atoms with E-state index >= 15 is 8.78 Å². The monoisotopic (exact) mass is 1340 g/mol. The van der Waals surface area contributed by atoms with E-state index in [9.17, 15) is 24.8 Å². The number of rotatable bonds is 27. The predicted molar refractivity (Wildman–Crippen MR) is 361 cm³/mol. The highest BCUT2D eigenvalue weighted by atomic mass is 35.5. The first-order valence-corrected chi connectivity index (χ1v) is 33.1. The Labute approximate surface area is 563 Å². The molecule has 3 fully saturated rings. The number of aromatic nitrogens is 2. The summed E-state index contributed by atoms with van der Waals surface area (Å²) >= 11 is 12.5. The molecule has 3 saturated heterocycles. The Hall–Kier alpha value is -7.72. The number of fused-ring (bicyclic) bond motifs is 2. The number of halogens is 4. The second-order valence-electron chi connectivity index (χ2n) is 25.6. The summed E-state index contributed by atoms with van der Waals surface area (Å²) in [6.07, 6.45) is 4.05. The molecule has 4 aliphatic heterocycles. The maximum atomic E-state index is 16.2. The standard InChI is InChI=1S/C71H84Cl2F2N10O10/c1-7-62(87)83-26-28-84(29-27-83)66-52-21-25-85(59-40-49(86)37-46-11-8-9-12-51(46)59)43-58(52)79-69(81-66)95-45(2)42-82-23-19-50(20-24-82)94-36-35-93-34-33-92-32-31-91-30-22-77-67(88)47-15-18-57(60(38-47)90-6)78-68(89)65-63(53-13-10-14-55(73)64(53)75)71(44-76,61(80-65)41-70(3,4)5)54-17-16-48(72)39-56(54)74/h7-18,37-40,45,50,61,63,65,80,86H,1,19-36,41-43H2,2-6H3,(H,77,88)(H,78,89)/t45-,61+,63+,65-,71+/m1/s1. The van der Waals surface area contributed by atoms with Crippen molar-refractivity contribution in [2.24, 2.45) is 5.41 Å². The number of nitriles is 1. The van der Waals surface area contributed by atoms with Crippen molar-refractivity contribution >= 4 is 68.9 Å². The lowest BCUT2D eigenvalue weighted by atomic mass is 9.62. The van der Waals surface area contributed by atoms with Gasteiger partial charge in [0.15, 0.2) is 0 Å². The summed E-state index contributed by atoms with van der Waals surface area (Å²) in [6, 6.07) is 25.0. The van der Waals surface area contributed by atoms with Gasteiger partial charge in [-0.2, -0.15) is 15.2 Å². The topological polar surface area (TPSA) is 225 Å². The van der Waals surface area contributed by atoms with Crippen LogP contribution in [-0.4, -0.2) is 179 Å². The number of amides is 3. The third kappa shape index (κ3) is 16.9. The highest BCUT2D eigenvalue weighted by Crippen LogP contribution is 2.53. The molecule has 5 atom stereocenters. The van der Waals surface area contributed by atoms with Crippen LogP contribution in [0.2, 0.25) is 10.0 Å². The predicted octanol–water partition coefficient (Wildman–Crippen LogP) is 10.0. The zero-order valence-corrected chi connectivity index (χ0v) is 56.0. The molecule has 506 valence electrons. The van der Waals surface area contributed by atoms with Crippen molar-refractivity contribution < 1.29 is 56.7 Å². The number of carbonyl (C=O) groups excluding carboxylic acids is 3. The first kappa shape index (κ1) is 70.1. The lowest BCUT2D eigenvalue weighted by Crippen LogP contribution is -2.49. The number of ether oxygens (including phenoxy) is 6. The molecule has 0 saturated carbocycles. The van der Waals surface area contributed by atoms with Gasteiger partial charge in [0.2, 0.25) is 11.8 Å². The van der Waals surface area contributed by atoms with Gasteiger partial charge >= 0.3 is 6.01 Å². The van der Waals surface area contributed by atoms with Crippen molar-refractivity contribution in [1.29, 1.82) is 5.26 Å². The molecule has 20 nitrogen and oxygen atoms in total. The first-order valence-electron chi connectivity index (χ1n) is 32.4. The maximum Gasteiger partial charge on any atom is 0.318 e. The number of anilines is 3. The Morgan fingerprint density at radius 3 is 2.31 bits per heavy atom. The fourth-order valence-corrected chi connectivity index (χ4v) is 13.8. The van der Waals surface area contributed by atoms with Crippen LogP contribution in [0, 0.1) is 28.4 Å². The summed E-state index contributed by atoms with van der Waals surface area (Å²) in [4.78, 5) is 59.1. The molecular weight excluding hydrogens is 1260 g/mol. The van der Waals surface area contributed by atoms with Crippen molar-refractivity contribution in [1.82, 2.24) is 30.4 Å². The van der Waals surface area contributed by atoms with E-state index in [2.05, 4.69) is 49.4 Å². The molecule has 0 unspecified atom stereocenters. The number of nitrogens with zero attached hydrogens (tertiary/aromatic N) is 7. The fraction of sp³-hybridized carbons (Fsp3) is 0.465. The van der Waals surface area contributed by atoms with Crippen LogP contribution in [-0.2, 0) is 46.9 Å². The minimum atomic E-state index is -1.82. The molecule has 6 aromatic rings. The van der Waals surface area contributed by atoms with Gasteiger partial charge in [0.1, 0.15) is 40.5 Å². The van der Waals surface area contributed by atoms with E-state index in [4.69, 9.17) is 61.6 Å². The van der Waals surface area contributed by atoms with Gasteiger partial charge in [-0.3, -0.25) is 19.3 Å².